The number of aryl methyl sites for hydroxylation is 1. The molecule has 1 aromatic rings. The fourth-order valence-corrected chi connectivity index (χ4v) is 1.35. The number of anilines is 1. The monoisotopic (exact) mass is 254 g/mol. The fraction of sp³-hybridized carbons (Fsp3) is 0.667. The van der Waals surface area contributed by atoms with E-state index in [1.165, 1.54) is 0 Å². The van der Waals surface area contributed by atoms with Gasteiger partial charge in [0.2, 0.25) is 0 Å². The molecular weight excluding hydrogens is 232 g/mol. The number of nitrogens with two attached hydrogens (primary N) is 1. The van der Waals surface area contributed by atoms with Crippen molar-refractivity contribution in [3.63, 3.8) is 0 Å². The Morgan fingerprint density at radius 1 is 1.39 bits per heavy atom. The highest BCUT2D eigenvalue weighted by Gasteiger charge is 2.15. The molecule has 0 fully saturated rings. The number of methoxy groups -OCH3 is 1. The minimum atomic E-state index is -0.169. The Morgan fingerprint density at radius 3 is 2.72 bits per heavy atom. The maximum atomic E-state index is 5.54. The lowest BCUT2D eigenvalue weighted by molar-refractivity contribution is -0.0132. The zero-order valence-corrected chi connectivity index (χ0v) is 11.5. The number of nitrogens with zero attached hydrogens (tertiary/aromatic N) is 2. The normalized spacial score (nSPS) is 11.6. The number of nitrogen functional groups attached to an aromatic ring is 1. The number of aromatic nitrogens is 2. The molecule has 0 saturated carbocycles. The Hall–Kier alpha value is -1.24. The van der Waals surface area contributed by atoms with Gasteiger partial charge in [-0.2, -0.15) is 0 Å². The zero-order chi connectivity index (χ0) is 13.6. The summed E-state index contributed by atoms with van der Waals surface area (Å²) in [7, 11) is 1.70. The van der Waals surface area contributed by atoms with Crippen molar-refractivity contribution in [1.82, 2.24) is 9.97 Å². The van der Waals surface area contributed by atoms with E-state index in [4.69, 9.17) is 15.3 Å². The highest BCUT2D eigenvalue weighted by molar-refractivity contribution is 5.33. The third-order valence-electron chi connectivity index (χ3n) is 2.68. The second-order valence-corrected chi connectivity index (χ2v) is 4.72. The predicted octanol–water partition coefficient (Wildman–Crippen LogP) is 1.40. The molecule has 0 aliphatic carbocycles. The Kier molecular flexibility index (Phi) is 5.46. The first-order valence-electron chi connectivity index (χ1n) is 5.91. The first-order chi connectivity index (χ1) is 8.46. The molecule has 0 saturated heterocycles. The van der Waals surface area contributed by atoms with Crippen molar-refractivity contribution in [2.45, 2.75) is 39.4 Å². The topological polar surface area (TPSA) is 82.3 Å². The summed E-state index contributed by atoms with van der Waals surface area (Å²) in [6.45, 7) is 6.91. The van der Waals surface area contributed by atoms with Gasteiger partial charge in [-0.05, 0) is 27.2 Å². The maximum Gasteiger partial charge on any atom is 0.156 e. The first-order valence-corrected chi connectivity index (χ1v) is 5.91. The van der Waals surface area contributed by atoms with Gasteiger partial charge in [0, 0.05) is 25.5 Å². The molecule has 0 aromatic carbocycles. The molecule has 0 amide bonds. The van der Waals surface area contributed by atoms with Crippen LogP contribution in [0.3, 0.4) is 0 Å². The molecule has 6 nitrogen and oxygen atoms in total. The summed E-state index contributed by atoms with van der Waals surface area (Å²) in [5.41, 5.74) is 3.19. The van der Waals surface area contributed by atoms with Gasteiger partial charge in [0.05, 0.1) is 5.60 Å². The number of hydrogen-bond acceptors (Lipinski definition) is 6. The van der Waals surface area contributed by atoms with Crippen molar-refractivity contribution in [2.75, 3.05) is 19.1 Å². The molecule has 0 unspecified atom stereocenters. The molecule has 102 valence electrons. The molecular formula is C12H22N4O2. The van der Waals surface area contributed by atoms with E-state index in [1.54, 1.807) is 13.2 Å². The van der Waals surface area contributed by atoms with Crippen LogP contribution in [-0.4, -0.2) is 29.3 Å². The van der Waals surface area contributed by atoms with E-state index in [0.29, 0.717) is 24.9 Å². The minimum absolute atomic E-state index is 0.169. The minimum Gasteiger partial charge on any atom is -0.379 e. The molecule has 1 rings (SSSR count). The Bertz CT molecular complexity index is 382. The van der Waals surface area contributed by atoms with E-state index >= 15 is 0 Å². The molecule has 0 atom stereocenters. The Balaban J connectivity index is 2.42. The van der Waals surface area contributed by atoms with Crippen LogP contribution in [0.1, 0.15) is 31.8 Å². The fourth-order valence-electron chi connectivity index (χ4n) is 1.35. The Labute approximate surface area is 108 Å². The molecule has 1 heterocycles. The average Bonchev–Trinajstić information content (AvgIpc) is 2.34. The van der Waals surface area contributed by atoms with Crippen LogP contribution in [0.25, 0.3) is 0 Å². The number of hydrogen-bond donors (Lipinski definition) is 2. The van der Waals surface area contributed by atoms with E-state index in [-0.39, 0.29) is 5.60 Å². The van der Waals surface area contributed by atoms with Crippen molar-refractivity contribution in [2.24, 2.45) is 5.84 Å². The van der Waals surface area contributed by atoms with Crippen LogP contribution < -0.4 is 11.3 Å². The molecule has 18 heavy (non-hydrogen) atoms. The summed E-state index contributed by atoms with van der Waals surface area (Å²) < 4.78 is 10.8. The molecule has 0 bridgehead atoms. The molecule has 0 aliphatic rings. The third kappa shape index (κ3) is 4.95. The third-order valence-corrected chi connectivity index (χ3v) is 2.68. The number of ether oxygens (including phenoxy) is 2. The molecule has 6 heteroatoms. The van der Waals surface area contributed by atoms with Gasteiger partial charge < -0.3 is 14.9 Å². The molecule has 1 aromatic heterocycles. The van der Waals surface area contributed by atoms with E-state index in [2.05, 4.69) is 15.4 Å². The summed E-state index contributed by atoms with van der Waals surface area (Å²) >= 11 is 0. The summed E-state index contributed by atoms with van der Waals surface area (Å²) in [4.78, 5) is 8.48. The van der Waals surface area contributed by atoms with Gasteiger partial charge in [0.1, 0.15) is 12.4 Å². The molecule has 0 spiro atoms. The van der Waals surface area contributed by atoms with Crippen molar-refractivity contribution in [3.8, 4) is 0 Å². The van der Waals surface area contributed by atoms with E-state index < -0.39 is 0 Å². The van der Waals surface area contributed by atoms with Crippen LogP contribution in [0, 0.1) is 6.92 Å². The van der Waals surface area contributed by atoms with Crippen molar-refractivity contribution in [3.05, 3.63) is 17.6 Å². The van der Waals surface area contributed by atoms with Crippen LogP contribution >= 0.6 is 0 Å². The molecule has 0 radical (unpaired) electrons. The van der Waals surface area contributed by atoms with Gasteiger partial charge in [-0.25, -0.2) is 15.8 Å². The first kappa shape index (κ1) is 14.8. The van der Waals surface area contributed by atoms with Gasteiger partial charge in [-0.15, -0.1) is 0 Å². The van der Waals surface area contributed by atoms with Crippen LogP contribution in [-0.2, 0) is 16.1 Å². The van der Waals surface area contributed by atoms with Crippen molar-refractivity contribution < 1.29 is 9.47 Å². The number of nitrogens with one attached hydrogen (secondary N) is 1. The molecule has 3 N–H and O–H groups in total. The van der Waals surface area contributed by atoms with Crippen molar-refractivity contribution >= 4 is 5.82 Å². The van der Waals surface area contributed by atoms with Gasteiger partial charge in [0.25, 0.3) is 0 Å². The second-order valence-electron chi connectivity index (χ2n) is 4.72. The number of hydrazine groups is 1. The largest absolute Gasteiger partial charge is 0.379 e. The van der Waals surface area contributed by atoms with Crippen LogP contribution in [0.4, 0.5) is 5.82 Å². The van der Waals surface area contributed by atoms with E-state index in [1.807, 2.05) is 20.8 Å². The van der Waals surface area contributed by atoms with Crippen LogP contribution in [0.5, 0.6) is 0 Å². The van der Waals surface area contributed by atoms with Gasteiger partial charge in [0.15, 0.2) is 5.82 Å². The predicted molar refractivity (Wildman–Crippen MR) is 69.9 cm³/mol. The van der Waals surface area contributed by atoms with E-state index in [0.717, 1.165) is 12.1 Å². The standard InChI is InChI=1S/C12H22N4O2/c1-9-7-10(16-13)15-11(14-9)8-18-6-5-12(2,3)17-4/h7H,5-6,8,13H2,1-4H3,(H,14,15,16). The quantitative estimate of drug-likeness (QED) is 0.435. The molecule has 0 aliphatic heterocycles. The van der Waals surface area contributed by atoms with Gasteiger partial charge in [-0.1, -0.05) is 0 Å². The smallest absolute Gasteiger partial charge is 0.156 e. The zero-order valence-electron chi connectivity index (χ0n) is 11.5. The number of rotatable bonds is 7. The maximum absolute atomic E-state index is 5.54. The van der Waals surface area contributed by atoms with Gasteiger partial charge in [-0.3, -0.25) is 0 Å². The SMILES string of the molecule is COC(C)(C)CCOCc1nc(C)cc(NN)n1. The highest BCUT2D eigenvalue weighted by atomic mass is 16.5. The van der Waals surface area contributed by atoms with E-state index in [9.17, 15) is 0 Å². The summed E-state index contributed by atoms with van der Waals surface area (Å²) in [5.74, 6) is 6.54. The Morgan fingerprint density at radius 2 is 2.11 bits per heavy atom. The lowest BCUT2D eigenvalue weighted by atomic mass is 10.1. The van der Waals surface area contributed by atoms with Crippen LogP contribution in [0.15, 0.2) is 6.07 Å². The van der Waals surface area contributed by atoms with Crippen LogP contribution in [0.2, 0.25) is 0 Å². The average molecular weight is 254 g/mol. The lowest BCUT2D eigenvalue weighted by Gasteiger charge is -2.22. The summed E-state index contributed by atoms with van der Waals surface area (Å²) in [5, 5.41) is 0. The summed E-state index contributed by atoms with van der Waals surface area (Å²) in [6, 6.07) is 1.78. The lowest BCUT2D eigenvalue weighted by Crippen LogP contribution is -2.24. The second kappa shape index (κ2) is 6.63. The van der Waals surface area contributed by atoms with Gasteiger partial charge >= 0.3 is 0 Å². The van der Waals surface area contributed by atoms with Crippen molar-refractivity contribution in [1.29, 1.82) is 0 Å². The summed E-state index contributed by atoms with van der Waals surface area (Å²) in [6.07, 6.45) is 0.817. The highest BCUT2D eigenvalue weighted by Crippen LogP contribution is 2.13.